The summed E-state index contributed by atoms with van der Waals surface area (Å²) < 4.78 is 5.80. The molecule has 0 bridgehead atoms. The van der Waals surface area contributed by atoms with E-state index in [1.165, 1.54) is 31.2 Å². The van der Waals surface area contributed by atoms with Crippen LogP contribution in [0.15, 0.2) is 24.3 Å². The maximum absolute atomic E-state index is 5.80. The molecule has 1 aliphatic carbocycles. The first kappa shape index (κ1) is 14.4. The lowest BCUT2D eigenvalue weighted by atomic mass is 9.79. The van der Waals surface area contributed by atoms with E-state index in [-0.39, 0.29) is 6.10 Å². The number of hydrogen-bond donors (Lipinski definition) is 1. The Labute approximate surface area is 117 Å². The maximum Gasteiger partial charge on any atom is 0.120 e. The van der Waals surface area contributed by atoms with Crippen molar-refractivity contribution in [1.82, 2.24) is 5.32 Å². The van der Waals surface area contributed by atoms with Gasteiger partial charge in [-0.3, -0.25) is 0 Å². The lowest BCUT2D eigenvalue weighted by Gasteiger charge is -2.30. The highest BCUT2D eigenvalue weighted by molar-refractivity contribution is 5.31. The molecular formula is C17H27NO. The zero-order valence-electron chi connectivity index (χ0n) is 12.5. The highest BCUT2D eigenvalue weighted by Gasteiger charge is 2.22. The van der Waals surface area contributed by atoms with E-state index in [0.29, 0.717) is 6.04 Å². The molecule has 19 heavy (non-hydrogen) atoms. The minimum atomic E-state index is 0.236. The molecule has 0 amide bonds. The summed E-state index contributed by atoms with van der Waals surface area (Å²) in [5.41, 5.74) is 1.37. The summed E-state index contributed by atoms with van der Waals surface area (Å²) in [5, 5.41) is 3.62. The Kier molecular flexibility index (Phi) is 5.26. The summed E-state index contributed by atoms with van der Waals surface area (Å²) in [6.45, 7) is 7.35. The van der Waals surface area contributed by atoms with Crippen LogP contribution in [0.4, 0.5) is 0 Å². The Bertz CT molecular complexity index is 385. The molecule has 0 aliphatic heterocycles. The topological polar surface area (TPSA) is 21.3 Å². The predicted octanol–water partition coefficient (Wildman–Crippen LogP) is 4.31. The third-order valence-electron chi connectivity index (χ3n) is 3.88. The van der Waals surface area contributed by atoms with Crippen LogP contribution in [-0.4, -0.2) is 12.6 Å². The molecule has 1 fully saturated rings. The van der Waals surface area contributed by atoms with Crippen molar-refractivity contribution >= 4 is 0 Å². The van der Waals surface area contributed by atoms with Crippen LogP contribution >= 0.6 is 0 Å². The predicted molar refractivity (Wildman–Crippen MR) is 80.6 cm³/mol. The van der Waals surface area contributed by atoms with Crippen molar-refractivity contribution in [2.24, 2.45) is 5.92 Å². The molecular weight excluding hydrogens is 234 g/mol. The zero-order valence-corrected chi connectivity index (χ0v) is 12.5. The van der Waals surface area contributed by atoms with Gasteiger partial charge in [0.2, 0.25) is 0 Å². The minimum absolute atomic E-state index is 0.236. The number of nitrogens with one attached hydrogen (secondary N) is 1. The maximum atomic E-state index is 5.80. The molecule has 0 radical (unpaired) electrons. The van der Waals surface area contributed by atoms with Gasteiger partial charge in [-0.25, -0.2) is 0 Å². The van der Waals surface area contributed by atoms with Gasteiger partial charge in [-0.2, -0.15) is 0 Å². The van der Waals surface area contributed by atoms with Crippen LogP contribution in [0, 0.1) is 5.92 Å². The smallest absolute Gasteiger partial charge is 0.120 e. The van der Waals surface area contributed by atoms with Gasteiger partial charge in [0.15, 0.2) is 0 Å². The van der Waals surface area contributed by atoms with Crippen molar-refractivity contribution in [1.29, 1.82) is 0 Å². The molecule has 2 heteroatoms. The number of rotatable bonds is 7. The fourth-order valence-electron chi connectivity index (χ4n) is 2.72. The average Bonchev–Trinajstić information content (AvgIpc) is 2.31. The Morgan fingerprint density at radius 1 is 1.32 bits per heavy atom. The molecule has 1 saturated carbocycles. The van der Waals surface area contributed by atoms with E-state index in [4.69, 9.17) is 4.74 Å². The van der Waals surface area contributed by atoms with Crippen LogP contribution in [0.3, 0.4) is 0 Å². The highest BCUT2D eigenvalue weighted by atomic mass is 16.5. The standard InChI is InChI=1S/C17H27NO/c1-4-18-17(11-14-7-5-8-14)15-9-6-10-16(12-15)19-13(2)3/h6,9-10,12-14,17-18H,4-5,7-8,11H2,1-3H3. The lowest BCUT2D eigenvalue weighted by Crippen LogP contribution is -2.26. The Balaban J connectivity index is 2.06. The van der Waals surface area contributed by atoms with Crippen LogP contribution in [0.1, 0.15) is 58.1 Å². The van der Waals surface area contributed by atoms with Crippen molar-refractivity contribution in [3.63, 3.8) is 0 Å². The first-order valence-corrected chi connectivity index (χ1v) is 7.69. The molecule has 2 rings (SSSR count). The molecule has 1 atom stereocenters. The zero-order chi connectivity index (χ0) is 13.7. The van der Waals surface area contributed by atoms with E-state index < -0.39 is 0 Å². The third-order valence-corrected chi connectivity index (χ3v) is 3.88. The molecule has 2 nitrogen and oxygen atoms in total. The van der Waals surface area contributed by atoms with Gasteiger partial charge in [-0.1, -0.05) is 38.3 Å². The highest BCUT2D eigenvalue weighted by Crippen LogP contribution is 2.35. The van der Waals surface area contributed by atoms with Crippen LogP contribution in [0.25, 0.3) is 0 Å². The van der Waals surface area contributed by atoms with E-state index in [1.807, 2.05) is 0 Å². The summed E-state index contributed by atoms with van der Waals surface area (Å²) in [7, 11) is 0. The lowest BCUT2D eigenvalue weighted by molar-refractivity contribution is 0.240. The minimum Gasteiger partial charge on any atom is -0.491 e. The van der Waals surface area contributed by atoms with Crippen LogP contribution in [-0.2, 0) is 0 Å². The molecule has 0 saturated heterocycles. The van der Waals surface area contributed by atoms with E-state index in [2.05, 4.69) is 50.4 Å². The van der Waals surface area contributed by atoms with Gasteiger partial charge in [0.1, 0.15) is 5.75 Å². The number of ether oxygens (including phenoxy) is 1. The first-order valence-electron chi connectivity index (χ1n) is 7.69. The normalized spacial score (nSPS) is 17.3. The van der Waals surface area contributed by atoms with Gasteiger partial charge in [-0.15, -0.1) is 0 Å². The number of benzene rings is 1. The number of hydrogen-bond acceptors (Lipinski definition) is 2. The van der Waals surface area contributed by atoms with Crippen molar-refractivity contribution < 1.29 is 4.74 Å². The summed E-state index contributed by atoms with van der Waals surface area (Å²) in [6.07, 6.45) is 5.73. The van der Waals surface area contributed by atoms with Crippen LogP contribution in [0.2, 0.25) is 0 Å². The quantitative estimate of drug-likeness (QED) is 0.789. The van der Waals surface area contributed by atoms with Gasteiger partial charge in [0, 0.05) is 6.04 Å². The molecule has 1 N–H and O–H groups in total. The van der Waals surface area contributed by atoms with Crippen molar-refractivity contribution in [2.75, 3.05) is 6.54 Å². The van der Waals surface area contributed by atoms with Gasteiger partial charge >= 0.3 is 0 Å². The van der Waals surface area contributed by atoms with E-state index in [9.17, 15) is 0 Å². The summed E-state index contributed by atoms with van der Waals surface area (Å²) >= 11 is 0. The van der Waals surface area contributed by atoms with Crippen molar-refractivity contribution in [2.45, 2.75) is 58.6 Å². The second-order valence-electron chi connectivity index (χ2n) is 5.88. The van der Waals surface area contributed by atoms with E-state index in [0.717, 1.165) is 18.2 Å². The van der Waals surface area contributed by atoms with Crippen LogP contribution < -0.4 is 10.1 Å². The molecule has 1 aromatic rings. The monoisotopic (exact) mass is 261 g/mol. The third kappa shape index (κ3) is 4.24. The van der Waals surface area contributed by atoms with Crippen molar-refractivity contribution in [3.8, 4) is 5.75 Å². The second kappa shape index (κ2) is 6.95. The van der Waals surface area contributed by atoms with Crippen LogP contribution in [0.5, 0.6) is 5.75 Å². The van der Waals surface area contributed by atoms with Gasteiger partial charge < -0.3 is 10.1 Å². The molecule has 0 spiro atoms. The Hall–Kier alpha value is -1.02. The van der Waals surface area contributed by atoms with E-state index >= 15 is 0 Å². The molecule has 1 aromatic carbocycles. The van der Waals surface area contributed by atoms with Gasteiger partial charge in [0.25, 0.3) is 0 Å². The molecule has 1 unspecified atom stereocenters. The van der Waals surface area contributed by atoms with E-state index in [1.54, 1.807) is 0 Å². The molecule has 0 aromatic heterocycles. The van der Waals surface area contributed by atoms with Crippen molar-refractivity contribution in [3.05, 3.63) is 29.8 Å². The second-order valence-corrected chi connectivity index (χ2v) is 5.88. The largest absolute Gasteiger partial charge is 0.491 e. The average molecular weight is 261 g/mol. The Morgan fingerprint density at radius 3 is 2.68 bits per heavy atom. The SMILES string of the molecule is CCNC(CC1CCC1)c1cccc(OC(C)C)c1. The fourth-order valence-corrected chi connectivity index (χ4v) is 2.72. The van der Waals surface area contributed by atoms with Gasteiger partial charge in [0.05, 0.1) is 6.10 Å². The summed E-state index contributed by atoms with van der Waals surface area (Å²) in [6, 6.07) is 9.06. The molecule has 0 heterocycles. The van der Waals surface area contributed by atoms with Gasteiger partial charge in [-0.05, 0) is 50.4 Å². The molecule has 106 valence electrons. The molecule has 1 aliphatic rings. The first-order chi connectivity index (χ1) is 9.19. The Morgan fingerprint density at radius 2 is 2.11 bits per heavy atom. The fraction of sp³-hybridized carbons (Fsp3) is 0.647. The summed E-state index contributed by atoms with van der Waals surface area (Å²) in [5.74, 6) is 1.91. The summed E-state index contributed by atoms with van der Waals surface area (Å²) in [4.78, 5) is 0.